The molecule has 0 aliphatic carbocycles. The van der Waals surface area contributed by atoms with Crippen LogP contribution in [0.25, 0.3) is 10.8 Å². The van der Waals surface area contributed by atoms with Gasteiger partial charge in [0.05, 0.1) is 0 Å². The Morgan fingerprint density at radius 1 is 1.21 bits per heavy atom. The maximum absolute atomic E-state index is 11.4. The maximum Gasteiger partial charge on any atom is 0.246 e. The van der Waals surface area contributed by atoms with E-state index in [-0.39, 0.29) is 18.6 Å². The Hall–Kier alpha value is -1.87. The first-order chi connectivity index (χ1) is 9.19. The summed E-state index contributed by atoms with van der Waals surface area (Å²) in [5, 5.41) is 5.38. The molecular weight excluding hydrogens is 238 g/mol. The van der Waals surface area contributed by atoms with Gasteiger partial charge in [0.15, 0.2) is 0 Å². The van der Waals surface area contributed by atoms with Gasteiger partial charge in [0.25, 0.3) is 0 Å². The molecule has 1 amide bonds. The van der Waals surface area contributed by atoms with E-state index in [1.165, 1.54) is 23.4 Å². The van der Waals surface area contributed by atoms with Crippen molar-refractivity contribution < 1.29 is 9.53 Å². The number of ether oxygens (including phenoxy) is 1. The number of nitrogens with one attached hydrogen (secondary N) is 1. The van der Waals surface area contributed by atoms with E-state index in [2.05, 4.69) is 35.6 Å². The van der Waals surface area contributed by atoms with Crippen LogP contribution in [0.3, 0.4) is 0 Å². The standard InChI is InChI=1S/C16H19NO2/c1-12(17-16(18)11-19-2)9-13-7-8-14-5-3-4-6-15(14)10-13/h3-8,10,12H,9,11H2,1-2H3,(H,17,18)/t12-/m1/s1. The van der Waals surface area contributed by atoms with E-state index in [0.717, 1.165) is 6.42 Å². The summed E-state index contributed by atoms with van der Waals surface area (Å²) >= 11 is 0. The van der Waals surface area contributed by atoms with Crippen LogP contribution in [0.4, 0.5) is 0 Å². The number of carbonyl (C=O) groups is 1. The molecule has 2 rings (SSSR count). The zero-order valence-corrected chi connectivity index (χ0v) is 11.3. The quantitative estimate of drug-likeness (QED) is 0.894. The van der Waals surface area contributed by atoms with Gasteiger partial charge < -0.3 is 10.1 Å². The van der Waals surface area contributed by atoms with E-state index in [1.54, 1.807) is 0 Å². The van der Waals surface area contributed by atoms with Crippen LogP contribution < -0.4 is 5.32 Å². The third-order valence-electron chi connectivity index (χ3n) is 3.04. The van der Waals surface area contributed by atoms with Crippen LogP contribution in [0.1, 0.15) is 12.5 Å². The van der Waals surface area contributed by atoms with E-state index in [1.807, 2.05) is 19.1 Å². The van der Waals surface area contributed by atoms with Gasteiger partial charge in [-0.3, -0.25) is 4.79 Å². The summed E-state index contributed by atoms with van der Waals surface area (Å²) in [6, 6.07) is 14.8. The van der Waals surface area contributed by atoms with Gasteiger partial charge in [-0.2, -0.15) is 0 Å². The molecule has 0 aliphatic heterocycles. The molecule has 19 heavy (non-hydrogen) atoms. The van der Waals surface area contributed by atoms with E-state index in [4.69, 9.17) is 4.74 Å². The van der Waals surface area contributed by atoms with Crippen molar-refractivity contribution in [3.8, 4) is 0 Å². The minimum absolute atomic E-state index is 0.0733. The number of rotatable bonds is 5. The summed E-state index contributed by atoms with van der Waals surface area (Å²) in [5.74, 6) is -0.0733. The van der Waals surface area contributed by atoms with Gasteiger partial charge in [-0.05, 0) is 29.7 Å². The van der Waals surface area contributed by atoms with Crippen LogP contribution in [-0.4, -0.2) is 25.7 Å². The lowest BCUT2D eigenvalue weighted by molar-refractivity contribution is -0.125. The van der Waals surface area contributed by atoms with Gasteiger partial charge in [0.2, 0.25) is 5.91 Å². The van der Waals surface area contributed by atoms with Gasteiger partial charge in [0.1, 0.15) is 6.61 Å². The lowest BCUT2D eigenvalue weighted by atomic mass is 10.0. The molecule has 0 aliphatic rings. The number of hydrogen-bond acceptors (Lipinski definition) is 2. The summed E-state index contributed by atoms with van der Waals surface area (Å²) in [6.07, 6.45) is 0.820. The highest BCUT2D eigenvalue weighted by atomic mass is 16.5. The fourth-order valence-corrected chi connectivity index (χ4v) is 2.22. The molecule has 0 spiro atoms. The average molecular weight is 257 g/mol. The van der Waals surface area contributed by atoms with Crippen molar-refractivity contribution in [3.63, 3.8) is 0 Å². The monoisotopic (exact) mass is 257 g/mol. The molecule has 0 saturated heterocycles. The lowest BCUT2D eigenvalue weighted by Gasteiger charge is -2.14. The van der Waals surface area contributed by atoms with Crippen molar-refractivity contribution in [1.82, 2.24) is 5.32 Å². The normalized spacial score (nSPS) is 12.3. The lowest BCUT2D eigenvalue weighted by Crippen LogP contribution is -2.36. The van der Waals surface area contributed by atoms with Gasteiger partial charge >= 0.3 is 0 Å². The first-order valence-corrected chi connectivity index (χ1v) is 6.45. The van der Waals surface area contributed by atoms with E-state index < -0.39 is 0 Å². The van der Waals surface area contributed by atoms with Crippen LogP contribution >= 0.6 is 0 Å². The zero-order chi connectivity index (χ0) is 13.7. The molecule has 3 nitrogen and oxygen atoms in total. The molecule has 2 aromatic carbocycles. The molecule has 0 saturated carbocycles. The predicted molar refractivity (Wildman–Crippen MR) is 77.1 cm³/mol. The van der Waals surface area contributed by atoms with Gasteiger partial charge in [-0.1, -0.05) is 42.5 Å². The molecule has 3 heteroatoms. The van der Waals surface area contributed by atoms with Gasteiger partial charge in [-0.15, -0.1) is 0 Å². The zero-order valence-electron chi connectivity index (χ0n) is 11.3. The van der Waals surface area contributed by atoms with Crippen molar-refractivity contribution in [2.45, 2.75) is 19.4 Å². The van der Waals surface area contributed by atoms with E-state index >= 15 is 0 Å². The van der Waals surface area contributed by atoms with Crippen molar-refractivity contribution >= 4 is 16.7 Å². The predicted octanol–water partition coefficient (Wildman–Crippen LogP) is 2.53. The molecular formula is C16H19NO2. The Morgan fingerprint density at radius 2 is 1.95 bits per heavy atom. The van der Waals surface area contributed by atoms with Gasteiger partial charge in [-0.25, -0.2) is 0 Å². The first kappa shape index (κ1) is 13.6. The number of carbonyl (C=O) groups excluding carboxylic acids is 1. The van der Waals surface area contributed by atoms with Gasteiger partial charge in [0, 0.05) is 13.2 Å². The summed E-state index contributed by atoms with van der Waals surface area (Å²) in [6.45, 7) is 2.12. The fourth-order valence-electron chi connectivity index (χ4n) is 2.22. The molecule has 1 atom stereocenters. The molecule has 0 heterocycles. The third-order valence-corrected chi connectivity index (χ3v) is 3.04. The minimum Gasteiger partial charge on any atom is -0.375 e. The Morgan fingerprint density at radius 3 is 2.68 bits per heavy atom. The Kier molecular flexibility index (Phi) is 4.53. The summed E-state index contributed by atoms with van der Waals surface area (Å²) in [7, 11) is 1.52. The molecule has 0 fully saturated rings. The van der Waals surface area contributed by atoms with Crippen molar-refractivity contribution in [2.75, 3.05) is 13.7 Å². The number of benzene rings is 2. The number of methoxy groups -OCH3 is 1. The smallest absolute Gasteiger partial charge is 0.246 e. The second-order valence-electron chi connectivity index (χ2n) is 4.79. The highest BCUT2D eigenvalue weighted by molar-refractivity contribution is 5.83. The van der Waals surface area contributed by atoms with Crippen molar-refractivity contribution in [3.05, 3.63) is 48.0 Å². The Bertz CT molecular complexity index is 565. The minimum atomic E-state index is -0.0733. The summed E-state index contributed by atoms with van der Waals surface area (Å²) < 4.78 is 4.80. The average Bonchev–Trinajstić information content (AvgIpc) is 2.38. The largest absolute Gasteiger partial charge is 0.375 e. The third kappa shape index (κ3) is 3.80. The molecule has 0 aromatic heterocycles. The van der Waals surface area contributed by atoms with Crippen LogP contribution in [0.2, 0.25) is 0 Å². The highest BCUT2D eigenvalue weighted by Gasteiger charge is 2.08. The first-order valence-electron chi connectivity index (χ1n) is 6.45. The molecule has 100 valence electrons. The summed E-state index contributed by atoms with van der Waals surface area (Å²) in [4.78, 5) is 11.4. The maximum atomic E-state index is 11.4. The van der Waals surface area contributed by atoms with Crippen molar-refractivity contribution in [1.29, 1.82) is 0 Å². The van der Waals surface area contributed by atoms with E-state index in [9.17, 15) is 4.79 Å². The molecule has 1 N–H and O–H groups in total. The number of fused-ring (bicyclic) bond motifs is 1. The second-order valence-corrected chi connectivity index (χ2v) is 4.79. The topological polar surface area (TPSA) is 38.3 Å². The van der Waals surface area contributed by atoms with Crippen LogP contribution in [-0.2, 0) is 16.0 Å². The second kappa shape index (κ2) is 6.34. The molecule has 0 radical (unpaired) electrons. The summed E-state index contributed by atoms with van der Waals surface area (Å²) in [5.41, 5.74) is 1.23. The molecule has 0 bridgehead atoms. The Balaban J connectivity index is 2.02. The van der Waals surface area contributed by atoms with Crippen LogP contribution in [0.15, 0.2) is 42.5 Å². The highest BCUT2D eigenvalue weighted by Crippen LogP contribution is 2.16. The fraction of sp³-hybridized carbons (Fsp3) is 0.312. The van der Waals surface area contributed by atoms with Crippen molar-refractivity contribution in [2.24, 2.45) is 0 Å². The number of hydrogen-bond donors (Lipinski definition) is 1. The van der Waals surface area contributed by atoms with E-state index in [0.29, 0.717) is 0 Å². The Labute approximate surface area is 113 Å². The number of amides is 1. The SMILES string of the molecule is COCC(=O)N[C@H](C)Cc1ccc2ccccc2c1. The molecule has 2 aromatic rings. The van der Waals surface area contributed by atoms with Crippen LogP contribution in [0.5, 0.6) is 0 Å². The van der Waals surface area contributed by atoms with Crippen LogP contribution in [0, 0.1) is 0 Å². The molecule has 0 unspecified atom stereocenters.